The van der Waals surface area contributed by atoms with E-state index in [1.54, 1.807) is 24.3 Å². The Morgan fingerprint density at radius 2 is 1.87 bits per heavy atom. The molecule has 10 heteroatoms. The minimum Gasteiger partial charge on any atom is -0.367 e. The molecule has 0 radical (unpaired) electrons. The van der Waals surface area contributed by atoms with Gasteiger partial charge in [-0.25, -0.2) is 4.39 Å². The Kier molecular flexibility index (Phi) is 6.37. The Labute approximate surface area is 183 Å². The molecular weight excluding hydrogens is 425 g/mol. The number of primary amides is 1. The first-order chi connectivity index (χ1) is 14.7. The maximum atomic E-state index is 13.2. The number of carbonyl (C=O) groups is 3. The average molecular weight is 446 g/mol. The summed E-state index contributed by atoms with van der Waals surface area (Å²) in [6.07, 6.45) is 0.0852. The van der Waals surface area contributed by atoms with Gasteiger partial charge in [0.15, 0.2) is 5.54 Å². The number of hydrogen-bond acceptors (Lipinski definition) is 5. The molecule has 2 aromatic carbocycles. The van der Waals surface area contributed by atoms with Crippen LogP contribution in [-0.4, -0.2) is 36.6 Å². The Bertz CT molecular complexity index is 1070. The van der Waals surface area contributed by atoms with E-state index < -0.39 is 35.2 Å². The summed E-state index contributed by atoms with van der Waals surface area (Å²) in [5.74, 6) is -2.38. The van der Waals surface area contributed by atoms with Gasteiger partial charge in [-0.3, -0.25) is 24.7 Å². The average Bonchev–Trinajstić information content (AvgIpc) is 3.15. The molecular formula is C21H21ClFN5O3. The van der Waals surface area contributed by atoms with Gasteiger partial charge in [0, 0.05) is 12.7 Å². The van der Waals surface area contributed by atoms with E-state index in [0.29, 0.717) is 17.7 Å². The maximum absolute atomic E-state index is 13.2. The fraction of sp³-hybridized carbons (Fsp3) is 0.238. The van der Waals surface area contributed by atoms with Crippen LogP contribution in [0.4, 0.5) is 10.1 Å². The lowest BCUT2D eigenvalue weighted by Crippen LogP contribution is -2.59. The van der Waals surface area contributed by atoms with Crippen molar-refractivity contribution < 1.29 is 18.8 Å². The third-order valence-electron chi connectivity index (χ3n) is 4.97. The third-order valence-corrected chi connectivity index (χ3v) is 5.29. The smallest absolute Gasteiger partial charge is 0.267 e. The molecule has 1 aliphatic heterocycles. The topological polar surface area (TPSA) is 126 Å². The summed E-state index contributed by atoms with van der Waals surface area (Å²) < 4.78 is 13.2. The van der Waals surface area contributed by atoms with Gasteiger partial charge in [-0.15, -0.1) is 0 Å². The number of nitrogens with two attached hydrogens (primary N) is 1. The van der Waals surface area contributed by atoms with Gasteiger partial charge in [-0.1, -0.05) is 30.7 Å². The highest BCUT2D eigenvalue weighted by Crippen LogP contribution is 2.31. The molecule has 0 spiro atoms. The van der Waals surface area contributed by atoms with Gasteiger partial charge in [0.2, 0.25) is 5.91 Å². The molecule has 1 aliphatic rings. The molecule has 0 saturated carbocycles. The molecule has 2 unspecified atom stereocenters. The maximum Gasteiger partial charge on any atom is 0.267 e. The molecule has 0 aromatic heterocycles. The van der Waals surface area contributed by atoms with Gasteiger partial charge in [-0.2, -0.15) is 0 Å². The molecule has 0 aliphatic carbocycles. The molecule has 5 N–H and O–H groups in total. The largest absolute Gasteiger partial charge is 0.367 e. The van der Waals surface area contributed by atoms with Crippen molar-refractivity contribution in [1.29, 1.82) is 0 Å². The van der Waals surface area contributed by atoms with Crippen molar-refractivity contribution in [3.8, 4) is 0 Å². The Balaban J connectivity index is 1.91. The van der Waals surface area contributed by atoms with Crippen LogP contribution in [0.3, 0.4) is 0 Å². The predicted octanol–water partition coefficient (Wildman–Crippen LogP) is 1.94. The zero-order valence-electron chi connectivity index (χ0n) is 16.8. The molecule has 31 heavy (non-hydrogen) atoms. The van der Waals surface area contributed by atoms with Crippen molar-refractivity contribution in [2.75, 3.05) is 12.4 Å². The van der Waals surface area contributed by atoms with Crippen LogP contribution in [0, 0.1) is 5.82 Å². The lowest BCUT2D eigenvalue weighted by Gasteiger charge is -2.28. The van der Waals surface area contributed by atoms with Crippen LogP contribution in [0.15, 0.2) is 47.5 Å². The number of halogens is 2. The summed E-state index contributed by atoms with van der Waals surface area (Å²) >= 11 is 5.93. The van der Waals surface area contributed by atoms with E-state index in [0.717, 1.165) is 12.1 Å². The summed E-state index contributed by atoms with van der Waals surface area (Å²) in [4.78, 5) is 41.7. The molecule has 162 valence electrons. The number of anilines is 1. The van der Waals surface area contributed by atoms with Gasteiger partial charge in [0.25, 0.3) is 11.8 Å². The molecule has 2 atom stereocenters. The molecule has 1 heterocycles. The van der Waals surface area contributed by atoms with Crippen molar-refractivity contribution >= 4 is 40.7 Å². The van der Waals surface area contributed by atoms with Crippen LogP contribution in [0.1, 0.15) is 29.3 Å². The number of carbonyl (C=O) groups excluding carboxylic acids is 3. The van der Waals surface area contributed by atoms with Crippen molar-refractivity contribution in [2.45, 2.75) is 25.0 Å². The van der Waals surface area contributed by atoms with E-state index in [1.807, 2.05) is 6.92 Å². The first-order valence-corrected chi connectivity index (χ1v) is 9.85. The summed E-state index contributed by atoms with van der Waals surface area (Å²) in [5.41, 5.74) is 4.99. The second-order valence-electron chi connectivity index (χ2n) is 6.90. The van der Waals surface area contributed by atoms with Crippen LogP contribution in [0.5, 0.6) is 0 Å². The number of amides is 3. The van der Waals surface area contributed by atoms with Gasteiger partial charge in [-0.05, 0) is 42.3 Å². The Morgan fingerprint density at radius 3 is 2.42 bits per heavy atom. The molecule has 3 rings (SSSR count). The quantitative estimate of drug-likeness (QED) is 0.542. The van der Waals surface area contributed by atoms with Crippen LogP contribution in [0.25, 0.3) is 0 Å². The van der Waals surface area contributed by atoms with Crippen LogP contribution < -0.4 is 21.7 Å². The monoisotopic (exact) mass is 445 g/mol. The zero-order valence-corrected chi connectivity index (χ0v) is 17.6. The van der Waals surface area contributed by atoms with E-state index in [2.05, 4.69) is 20.9 Å². The number of nitrogens with zero attached hydrogens (tertiary/aromatic N) is 1. The Hall–Kier alpha value is -3.30. The van der Waals surface area contributed by atoms with Gasteiger partial charge >= 0.3 is 0 Å². The molecule has 0 fully saturated rings. The molecule has 8 nitrogen and oxygen atoms in total. The van der Waals surface area contributed by atoms with Crippen LogP contribution >= 0.6 is 11.6 Å². The predicted molar refractivity (Wildman–Crippen MR) is 115 cm³/mol. The van der Waals surface area contributed by atoms with Gasteiger partial charge < -0.3 is 16.4 Å². The van der Waals surface area contributed by atoms with Crippen LogP contribution in [-0.2, 0) is 15.1 Å². The zero-order chi connectivity index (χ0) is 22.8. The SMILES string of the molecule is CCC1N=C(C(=O)NC)C(C(N)=O)(c2ccc(NC(=O)c3ccc(F)cc3Cl)cc2)N1. The summed E-state index contributed by atoms with van der Waals surface area (Å²) in [6, 6.07) is 9.70. The third kappa shape index (κ3) is 4.14. The van der Waals surface area contributed by atoms with Gasteiger partial charge in [0.05, 0.1) is 10.6 Å². The second-order valence-corrected chi connectivity index (χ2v) is 7.30. The molecule has 0 saturated heterocycles. The number of nitrogens with one attached hydrogen (secondary N) is 3. The summed E-state index contributed by atoms with van der Waals surface area (Å²) in [7, 11) is 1.44. The van der Waals surface area contributed by atoms with Crippen molar-refractivity contribution in [2.24, 2.45) is 10.7 Å². The van der Waals surface area contributed by atoms with Gasteiger partial charge in [0.1, 0.15) is 17.7 Å². The first kappa shape index (κ1) is 22.4. The second kappa shape index (κ2) is 8.83. The number of aliphatic imine (C=N–C) groups is 1. The minimum atomic E-state index is -1.61. The van der Waals surface area contributed by atoms with E-state index in [9.17, 15) is 18.8 Å². The van der Waals surface area contributed by atoms with E-state index in [-0.39, 0.29) is 16.3 Å². The Morgan fingerprint density at radius 1 is 1.19 bits per heavy atom. The lowest BCUT2D eigenvalue weighted by molar-refractivity contribution is -0.123. The fourth-order valence-electron chi connectivity index (χ4n) is 3.37. The molecule has 2 aromatic rings. The molecule has 3 amide bonds. The minimum absolute atomic E-state index is 0.0194. The highest BCUT2D eigenvalue weighted by Gasteiger charge is 2.51. The van der Waals surface area contributed by atoms with E-state index in [4.69, 9.17) is 17.3 Å². The number of benzene rings is 2. The summed E-state index contributed by atoms with van der Waals surface area (Å²) in [5, 5.41) is 8.17. The van der Waals surface area contributed by atoms with Crippen LogP contribution in [0.2, 0.25) is 5.02 Å². The number of rotatable bonds is 6. The highest BCUT2D eigenvalue weighted by atomic mass is 35.5. The molecule has 0 bridgehead atoms. The summed E-state index contributed by atoms with van der Waals surface area (Å²) in [6.45, 7) is 1.86. The van der Waals surface area contributed by atoms with E-state index in [1.165, 1.54) is 13.1 Å². The first-order valence-electron chi connectivity index (χ1n) is 9.47. The number of hydrogen-bond donors (Lipinski definition) is 4. The van der Waals surface area contributed by atoms with Crippen molar-refractivity contribution in [3.05, 3.63) is 64.4 Å². The van der Waals surface area contributed by atoms with E-state index >= 15 is 0 Å². The highest BCUT2D eigenvalue weighted by molar-refractivity contribution is 6.47. The fourth-order valence-corrected chi connectivity index (χ4v) is 3.62. The normalized spacial score (nSPS) is 20.1. The van der Waals surface area contributed by atoms with Crippen molar-refractivity contribution in [3.63, 3.8) is 0 Å². The standard InChI is InChI=1S/C21H21ClFN5O3/c1-3-16-27-17(19(30)25-2)21(28-16,20(24)31)11-4-7-13(8-5-11)26-18(29)14-9-6-12(23)10-15(14)22/h4-10,16,28H,3H2,1-2H3,(H2,24,31)(H,25,30)(H,26,29). The lowest BCUT2D eigenvalue weighted by atomic mass is 9.84. The van der Waals surface area contributed by atoms with Crippen molar-refractivity contribution in [1.82, 2.24) is 10.6 Å².